The van der Waals surface area contributed by atoms with Gasteiger partial charge < -0.3 is 10.2 Å². The van der Waals surface area contributed by atoms with Gasteiger partial charge in [-0.05, 0) is 38.1 Å². The second kappa shape index (κ2) is 5.14. The van der Waals surface area contributed by atoms with Crippen LogP contribution in [0.25, 0.3) is 0 Å². The molecule has 0 unspecified atom stereocenters. The van der Waals surface area contributed by atoms with Crippen LogP contribution in [0.1, 0.15) is 12.8 Å². The average molecular weight is 235 g/mol. The second-order valence-electron chi connectivity index (χ2n) is 4.37. The number of anilines is 1. The van der Waals surface area contributed by atoms with Crippen LogP contribution in [0, 0.1) is 10.1 Å². The number of nitro benzene ring substituents is 1. The largest absolute Gasteiger partial charge is 0.372 e. The Hall–Kier alpha value is -1.62. The lowest BCUT2D eigenvalue weighted by Crippen LogP contribution is -2.41. The Morgan fingerprint density at radius 1 is 1.29 bits per heavy atom. The maximum absolute atomic E-state index is 10.6. The molecular formula is C12H17N3O2. The van der Waals surface area contributed by atoms with E-state index >= 15 is 0 Å². The Kier molecular flexibility index (Phi) is 3.58. The molecule has 1 saturated heterocycles. The minimum atomic E-state index is -0.367. The van der Waals surface area contributed by atoms with Crippen molar-refractivity contribution in [3.8, 4) is 0 Å². The number of hydrogen-bond acceptors (Lipinski definition) is 4. The van der Waals surface area contributed by atoms with Gasteiger partial charge in [-0.15, -0.1) is 0 Å². The maximum Gasteiger partial charge on any atom is 0.269 e. The van der Waals surface area contributed by atoms with E-state index in [2.05, 4.69) is 17.3 Å². The Morgan fingerprint density at radius 3 is 2.41 bits per heavy atom. The number of piperidine rings is 1. The summed E-state index contributed by atoms with van der Waals surface area (Å²) in [7, 11) is 2.05. The highest BCUT2D eigenvalue weighted by molar-refractivity contribution is 5.51. The van der Waals surface area contributed by atoms with Gasteiger partial charge in [0.2, 0.25) is 0 Å². The zero-order chi connectivity index (χ0) is 12.3. The van der Waals surface area contributed by atoms with Crippen LogP contribution >= 0.6 is 0 Å². The van der Waals surface area contributed by atoms with Gasteiger partial charge in [0.25, 0.3) is 5.69 Å². The van der Waals surface area contributed by atoms with Gasteiger partial charge in [-0.25, -0.2) is 0 Å². The molecule has 0 aromatic heterocycles. The highest BCUT2D eigenvalue weighted by Crippen LogP contribution is 2.22. The van der Waals surface area contributed by atoms with E-state index in [1.54, 1.807) is 12.1 Å². The molecule has 0 amide bonds. The molecule has 1 aromatic carbocycles. The van der Waals surface area contributed by atoms with E-state index in [9.17, 15) is 10.1 Å². The summed E-state index contributed by atoms with van der Waals surface area (Å²) in [5.41, 5.74) is 1.19. The molecule has 92 valence electrons. The second-order valence-corrected chi connectivity index (χ2v) is 4.37. The molecule has 1 aliphatic rings. The third-order valence-corrected chi connectivity index (χ3v) is 3.32. The third kappa shape index (κ3) is 2.74. The smallest absolute Gasteiger partial charge is 0.269 e. The maximum atomic E-state index is 10.6. The summed E-state index contributed by atoms with van der Waals surface area (Å²) in [6.45, 7) is 2.09. The van der Waals surface area contributed by atoms with Gasteiger partial charge in [0.15, 0.2) is 0 Å². The van der Waals surface area contributed by atoms with Gasteiger partial charge in [0.05, 0.1) is 4.92 Å². The first-order valence-electron chi connectivity index (χ1n) is 5.86. The van der Waals surface area contributed by atoms with Gasteiger partial charge in [-0.2, -0.15) is 0 Å². The van der Waals surface area contributed by atoms with Crippen molar-refractivity contribution >= 4 is 11.4 Å². The first kappa shape index (κ1) is 11.9. The van der Waals surface area contributed by atoms with E-state index in [0.717, 1.165) is 31.6 Å². The van der Waals surface area contributed by atoms with Crippen LogP contribution in [0.2, 0.25) is 0 Å². The summed E-state index contributed by atoms with van der Waals surface area (Å²) in [5.74, 6) is 0. The van der Waals surface area contributed by atoms with Gasteiger partial charge in [-0.1, -0.05) is 0 Å². The molecule has 1 N–H and O–H groups in total. The van der Waals surface area contributed by atoms with Crippen LogP contribution < -0.4 is 10.2 Å². The molecule has 0 atom stereocenters. The van der Waals surface area contributed by atoms with Crippen LogP contribution in [0.15, 0.2) is 24.3 Å². The molecule has 17 heavy (non-hydrogen) atoms. The standard InChI is InChI=1S/C12H17N3O2/c1-14(11-6-8-13-9-7-11)10-2-4-12(5-3-10)15(16)17/h2-5,11,13H,6-9H2,1H3. The van der Waals surface area contributed by atoms with Crippen molar-refractivity contribution in [1.29, 1.82) is 0 Å². The van der Waals surface area contributed by atoms with Gasteiger partial charge in [0, 0.05) is 30.9 Å². The summed E-state index contributed by atoms with van der Waals surface area (Å²) in [6, 6.07) is 7.29. The zero-order valence-corrected chi connectivity index (χ0v) is 9.93. The summed E-state index contributed by atoms with van der Waals surface area (Å²) in [5, 5.41) is 13.9. The van der Waals surface area contributed by atoms with Crippen LogP contribution in [-0.4, -0.2) is 31.1 Å². The Labute approximate surface area is 101 Å². The van der Waals surface area contributed by atoms with Gasteiger partial charge in [0.1, 0.15) is 0 Å². The van der Waals surface area contributed by atoms with E-state index in [1.165, 1.54) is 0 Å². The van der Waals surface area contributed by atoms with Crippen LogP contribution in [0.3, 0.4) is 0 Å². The fraction of sp³-hybridized carbons (Fsp3) is 0.500. The molecule has 0 aliphatic carbocycles. The monoisotopic (exact) mass is 235 g/mol. The molecule has 0 saturated carbocycles. The third-order valence-electron chi connectivity index (χ3n) is 3.32. The molecule has 0 spiro atoms. The van der Waals surface area contributed by atoms with Crippen LogP contribution in [0.5, 0.6) is 0 Å². The number of rotatable bonds is 3. The SMILES string of the molecule is CN(c1ccc([N+](=O)[O-])cc1)C1CCNCC1. The lowest BCUT2D eigenvalue weighted by Gasteiger charge is -2.33. The number of nitrogens with one attached hydrogen (secondary N) is 1. The van der Waals surface area contributed by atoms with E-state index in [0.29, 0.717) is 6.04 Å². The highest BCUT2D eigenvalue weighted by atomic mass is 16.6. The Balaban J connectivity index is 2.07. The molecule has 1 aromatic rings. The number of hydrogen-bond donors (Lipinski definition) is 1. The number of non-ortho nitro benzene ring substituents is 1. The highest BCUT2D eigenvalue weighted by Gasteiger charge is 2.18. The fourth-order valence-corrected chi connectivity index (χ4v) is 2.21. The topological polar surface area (TPSA) is 58.4 Å². The number of benzene rings is 1. The quantitative estimate of drug-likeness (QED) is 0.641. The molecule has 1 fully saturated rings. The Morgan fingerprint density at radius 2 is 1.88 bits per heavy atom. The van der Waals surface area contributed by atoms with E-state index in [1.807, 2.05) is 12.1 Å². The normalized spacial score (nSPS) is 16.8. The summed E-state index contributed by atoms with van der Waals surface area (Å²) < 4.78 is 0. The minimum Gasteiger partial charge on any atom is -0.372 e. The lowest BCUT2D eigenvalue weighted by atomic mass is 10.0. The molecule has 1 aliphatic heterocycles. The predicted molar refractivity (Wildman–Crippen MR) is 67.4 cm³/mol. The van der Waals surface area contributed by atoms with Crippen LogP contribution in [-0.2, 0) is 0 Å². The van der Waals surface area contributed by atoms with E-state index < -0.39 is 0 Å². The van der Waals surface area contributed by atoms with Gasteiger partial charge in [-0.3, -0.25) is 10.1 Å². The van der Waals surface area contributed by atoms with Crippen LogP contribution in [0.4, 0.5) is 11.4 Å². The first-order chi connectivity index (χ1) is 8.18. The predicted octanol–water partition coefficient (Wildman–Crippen LogP) is 1.78. The minimum absolute atomic E-state index is 0.146. The van der Waals surface area contributed by atoms with Gasteiger partial charge >= 0.3 is 0 Å². The number of nitrogens with zero attached hydrogens (tertiary/aromatic N) is 2. The number of nitro groups is 1. The van der Waals surface area contributed by atoms with Crippen molar-refractivity contribution in [2.45, 2.75) is 18.9 Å². The van der Waals surface area contributed by atoms with Crippen molar-refractivity contribution in [1.82, 2.24) is 5.32 Å². The summed E-state index contributed by atoms with van der Waals surface area (Å²) in [4.78, 5) is 12.4. The molecule has 0 radical (unpaired) electrons. The summed E-state index contributed by atoms with van der Waals surface area (Å²) in [6.07, 6.45) is 2.24. The molecular weight excluding hydrogens is 218 g/mol. The summed E-state index contributed by atoms with van der Waals surface area (Å²) >= 11 is 0. The van der Waals surface area contributed by atoms with Crippen molar-refractivity contribution in [3.05, 3.63) is 34.4 Å². The molecule has 1 heterocycles. The molecule has 2 rings (SSSR count). The van der Waals surface area contributed by atoms with Crippen molar-refractivity contribution in [2.75, 3.05) is 25.0 Å². The Bertz CT molecular complexity index is 385. The van der Waals surface area contributed by atoms with Crippen molar-refractivity contribution < 1.29 is 4.92 Å². The lowest BCUT2D eigenvalue weighted by molar-refractivity contribution is -0.384. The average Bonchev–Trinajstić information content (AvgIpc) is 2.39. The molecule has 5 nitrogen and oxygen atoms in total. The first-order valence-corrected chi connectivity index (χ1v) is 5.86. The zero-order valence-electron chi connectivity index (χ0n) is 9.93. The molecule has 0 bridgehead atoms. The van der Waals surface area contributed by atoms with E-state index in [-0.39, 0.29) is 10.6 Å². The molecule has 5 heteroatoms. The van der Waals surface area contributed by atoms with Crippen molar-refractivity contribution in [3.63, 3.8) is 0 Å². The van der Waals surface area contributed by atoms with Crippen molar-refractivity contribution in [2.24, 2.45) is 0 Å². The fourth-order valence-electron chi connectivity index (χ4n) is 2.21. The van der Waals surface area contributed by atoms with E-state index in [4.69, 9.17) is 0 Å².